The molecule has 0 saturated carbocycles. The van der Waals surface area contributed by atoms with Gasteiger partial charge < -0.3 is 5.11 Å². The number of hydrogen-bond acceptors (Lipinski definition) is 1. The van der Waals surface area contributed by atoms with Gasteiger partial charge in [0.15, 0.2) is 0 Å². The van der Waals surface area contributed by atoms with E-state index in [4.69, 9.17) is 5.11 Å². The first kappa shape index (κ1) is 11.8. The van der Waals surface area contributed by atoms with E-state index in [1.807, 2.05) is 30.3 Å². The molecule has 2 heteroatoms. The highest BCUT2D eigenvalue weighted by atomic mass is 16.4. The van der Waals surface area contributed by atoms with Gasteiger partial charge in [0.2, 0.25) is 0 Å². The van der Waals surface area contributed by atoms with Gasteiger partial charge in [0, 0.05) is 0 Å². The van der Waals surface area contributed by atoms with E-state index in [1.165, 1.54) is 0 Å². The van der Waals surface area contributed by atoms with Crippen LogP contribution in [0.5, 0.6) is 0 Å². The summed E-state index contributed by atoms with van der Waals surface area (Å²) in [6.45, 7) is 2.12. The Labute approximate surface area is 90.9 Å². The summed E-state index contributed by atoms with van der Waals surface area (Å²) in [7, 11) is 0. The summed E-state index contributed by atoms with van der Waals surface area (Å²) in [4.78, 5) is 11.1. The van der Waals surface area contributed by atoms with E-state index in [0.717, 1.165) is 31.2 Å². The molecular weight excluding hydrogens is 188 g/mol. The Hall–Kier alpha value is -1.31. The Bertz CT molecular complexity index is 293. The third-order valence-electron chi connectivity index (χ3n) is 2.60. The molecule has 0 amide bonds. The van der Waals surface area contributed by atoms with Gasteiger partial charge in [0.05, 0.1) is 5.92 Å². The van der Waals surface area contributed by atoms with Crippen LogP contribution in [-0.2, 0) is 4.79 Å². The average Bonchev–Trinajstić information content (AvgIpc) is 2.25. The van der Waals surface area contributed by atoms with Crippen LogP contribution in [0.15, 0.2) is 30.3 Å². The molecule has 1 aromatic carbocycles. The third-order valence-corrected chi connectivity index (χ3v) is 2.60. The van der Waals surface area contributed by atoms with E-state index in [-0.39, 0.29) is 5.92 Å². The van der Waals surface area contributed by atoms with Crippen LogP contribution in [0.2, 0.25) is 0 Å². The first-order valence-electron chi connectivity index (χ1n) is 5.53. The number of aliphatic carboxylic acids is 1. The summed E-state index contributed by atoms with van der Waals surface area (Å²) in [6, 6.07) is 9.49. The summed E-state index contributed by atoms with van der Waals surface area (Å²) < 4.78 is 0. The largest absolute Gasteiger partial charge is 0.481 e. The maximum Gasteiger partial charge on any atom is 0.310 e. The highest BCUT2D eigenvalue weighted by Gasteiger charge is 2.18. The van der Waals surface area contributed by atoms with Crippen LogP contribution < -0.4 is 0 Å². The first-order valence-corrected chi connectivity index (χ1v) is 5.53. The van der Waals surface area contributed by atoms with E-state index >= 15 is 0 Å². The summed E-state index contributed by atoms with van der Waals surface area (Å²) in [6.07, 6.45) is 3.97. The van der Waals surface area contributed by atoms with Crippen LogP contribution in [0.1, 0.15) is 44.1 Å². The molecule has 0 aliphatic carbocycles. The molecule has 82 valence electrons. The SMILES string of the molecule is CCCCCC(C(=O)O)c1ccccc1. The Kier molecular flexibility index (Phi) is 4.88. The van der Waals surface area contributed by atoms with Gasteiger partial charge in [-0.1, -0.05) is 56.5 Å². The van der Waals surface area contributed by atoms with E-state index < -0.39 is 5.97 Å². The van der Waals surface area contributed by atoms with Gasteiger partial charge >= 0.3 is 5.97 Å². The topological polar surface area (TPSA) is 37.3 Å². The number of unbranched alkanes of at least 4 members (excludes halogenated alkanes) is 2. The molecule has 0 heterocycles. The average molecular weight is 206 g/mol. The standard InChI is InChI=1S/C13H18O2/c1-2-3-5-10-12(13(14)15)11-8-6-4-7-9-11/h4,6-9,12H,2-3,5,10H2,1H3,(H,14,15). The lowest BCUT2D eigenvalue weighted by atomic mass is 9.93. The monoisotopic (exact) mass is 206 g/mol. The van der Waals surface area contributed by atoms with E-state index in [2.05, 4.69) is 6.92 Å². The first-order chi connectivity index (χ1) is 7.25. The van der Waals surface area contributed by atoms with Gasteiger partial charge in [-0.3, -0.25) is 4.79 Å². The quantitative estimate of drug-likeness (QED) is 0.724. The molecule has 1 aromatic rings. The zero-order valence-corrected chi connectivity index (χ0v) is 9.15. The zero-order chi connectivity index (χ0) is 11.1. The molecular formula is C13H18O2. The molecule has 0 saturated heterocycles. The van der Waals surface area contributed by atoms with Gasteiger partial charge in [-0.05, 0) is 12.0 Å². The van der Waals surface area contributed by atoms with E-state index in [1.54, 1.807) is 0 Å². The number of carboxylic acids is 1. The third kappa shape index (κ3) is 3.74. The minimum absolute atomic E-state index is 0.335. The Balaban J connectivity index is 2.62. The highest BCUT2D eigenvalue weighted by Crippen LogP contribution is 2.22. The van der Waals surface area contributed by atoms with Crippen molar-refractivity contribution in [3.05, 3.63) is 35.9 Å². The number of carboxylic acid groups (broad SMARTS) is 1. The van der Waals surface area contributed by atoms with Crippen molar-refractivity contribution in [2.24, 2.45) is 0 Å². The van der Waals surface area contributed by atoms with Crippen molar-refractivity contribution in [2.75, 3.05) is 0 Å². The molecule has 1 N–H and O–H groups in total. The van der Waals surface area contributed by atoms with Crippen molar-refractivity contribution in [2.45, 2.75) is 38.5 Å². The van der Waals surface area contributed by atoms with Crippen molar-refractivity contribution < 1.29 is 9.90 Å². The van der Waals surface area contributed by atoms with Crippen molar-refractivity contribution in [1.29, 1.82) is 0 Å². The van der Waals surface area contributed by atoms with Crippen molar-refractivity contribution in [1.82, 2.24) is 0 Å². The van der Waals surface area contributed by atoms with Gasteiger partial charge in [0.25, 0.3) is 0 Å². The summed E-state index contributed by atoms with van der Waals surface area (Å²) in [5.74, 6) is -1.05. The molecule has 0 aliphatic heterocycles. The lowest BCUT2D eigenvalue weighted by Gasteiger charge is -2.11. The molecule has 0 spiro atoms. The summed E-state index contributed by atoms with van der Waals surface area (Å²) in [5.41, 5.74) is 0.918. The van der Waals surface area contributed by atoms with Gasteiger partial charge in [-0.2, -0.15) is 0 Å². The van der Waals surface area contributed by atoms with E-state index in [0.29, 0.717) is 0 Å². The van der Waals surface area contributed by atoms with Crippen LogP contribution in [0, 0.1) is 0 Å². The number of hydrogen-bond donors (Lipinski definition) is 1. The fourth-order valence-corrected chi connectivity index (χ4v) is 1.72. The van der Waals surface area contributed by atoms with Gasteiger partial charge in [-0.25, -0.2) is 0 Å². The second kappa shape index (κ2) is 6.23. The predicted octanol–water partition coefficient (Wildman–Crippen LogP) is 3.44. The molecule has 0 fully saturated rings. The minimum atomic E-state index is -0.711. The molecule has 1 atom stereocenters. The molecule has 0 aliphatic rings. The maximum atomic E-state index is 11.1. The van der Waals surface area contributed by atoms with Crippen LogP contribution in [-0.4, -0.2) is 11.1 Å². The Morgan fingerprint density at radius 3 is 2.47 bits per heavy atom. The molecule has 1 unspecified atom stereocenters. The van der Waals surface area contributed by atoms with Gasteiger partial charge in [0.1, 0.15) is 0 Å². The van der Waals surface area contributed by atoms with Gasteiger partial charge in [-0.15, -0.1) is 0 Å². The molecule has 1 rings (SSSR count). The lowest BCUT2D eigenvalue weighted by molar-refractivity contribution is -0.139. The zero-order valence-electron chi connectivity index (χ0n) is 9.15. The Morgan fingerprint density at radius 2 is 1.93 bits per heavy atom. The molecule has 0 bridgehead atoms. The smallest absolute Gasteiger partial charge is 0.310 e. The molecule has 2 nitrogen and oxygen atoms in total. The molecule has 0 aromatic heterocycles. The molecule has 15 heavy (non-hydrogen) atoms. The second-order valence-corrected chi connectivity index (χ2v) is 3.80. The molecule has 0 radical (unpaired) electrons. The Morgan fingerprint density at radius 1 is 1.27 bits per heavy atom. The normalized spacial score (nSPS) is 12.3. The predicted molar refractivity (Wildman–Crippen MR) is 61.0 cm³/mol. The fourth-order valence-electron chi connectivity index (χ4n) is 1.72. The number of carbonyl (C=O) groups is 1. The highest BCUT2D eigenvalue weighted by molar-refractivity contribution is 5.75. The number of rotatable bonds is 6. The van der Waals surface area contributed by atoms with E-state index in [9.17, 15) is 4.79 Å². The van der Waals surface area contributed by atoms with Crippen LogP contribution >= 0.6 is 0 Å². The number of benzene rings is 1. The van der Waals surface area contributed by atoms with Crippen LogP contribution in [0.3, 0.4) is 0 Å². The van der Waals surface area contributed by atoms with Crippen molar-refractivity contribution >= 4 is 5.97 Å². The van der Waals surface area contributed by atoms with Crippen LogP contribution in [0.25, 0.3) is 0 Å². The van der Waals surface area contributed by atoms with Crippen LogP contribution in [0.4, 0.5) is 0 Å². The second-order valence-electron chi connectivity index (χ2n) is 3.80. The summed E-state index contributed by atoms with van der Waals surface area (Å²) >= 11 is 0. The van der Waals surface area contributed by atoms with Crippen molar-refractivity contribution in [3.63, 3.8) is 0 Å². The maximum absolute atomic E-state index is 11.1. The van der Waals surface area contributed by atoms with Crippen molar-refractivity contribution in [3.8, 4) is 0 Å². The lowest BCUT2D eigenvalue weighted by Crippen LogP contribution is -2.11. The summed E-state index contributed by atoms with van der Waals surface area (Å²) in [5, 5.41) is 9.13. The fraction of sp³-hybridized carbons (Fsp3) is 0.462. The minimum Gasteiger partial charge on any atom is -0.481 e.